The Morgan fingerprint density at radius 2 is 1.94 bits per heavy atom. The van der Waals surface area contributed by atoms with Crippen molar-refractivity contribution in [3.05, 3.63) is 35.9 Å². The molecule has 2 fully saturated rings. The molecule has 1 aliphatic carbocycles. The predicted molar refractivity (Wildman–Crippen MR) is 58.5 cm³/mol. The molecule has 3 heteroatoms. The zero-order valence-electron chi connectivity index (χ0n) is 8.93. The standard InChI is InChI=1S/C13H13NO2/c15-12-7-10-6-11(12)13(16)14(10)8-9-4-2-1-3-5-9/h1-5,10-11H,6-8H2/t10-,11+/m1/s1. The third-order valence-corrected chi connectivity index (χ3v) is 3.55. The second-order valence-corrected chi connectivity index (χ2v) is 4.56. The number of carbonyl (C=O) groups is 2. The summed E-state index contributed by atoms with van der Waals surface area (Å²) < 4.78 is 0. The van der Waals surface area contributed by atoms with Gasteiger partial charge in [0.1, 0.15) is 5.78 Å². The minimum Gasteiger partial charge on any atom is -0.334 e. The van der Waals surface area contributed by atoms with E-state index in [4.69, 9.17) is 0 Å². The molecular weight excluding hydrogens is 202 g/mol. The molecule has 2 atom stereocenters. The first-order chi connectivity index (χ1) is 7.75. The molecule has 2 bridgehead atoms. The number of ketones is 1. The Morgan fingerprint density at radius 3 is 2.56 bits per heavy atom. The minimum absolute atomic E-state index is 0.0325. The van der Waals surface area contributed by atoms with Crippen LogP contribution >= 0.6 is 0 Å². The van der Waals surface area contributed by atoms with Gasteiger partial charge in [-0.2, -0.15) is 0 Å². The fourth-order valence-electron chi connectivity index (χ4n) is 2.70. The molecule has 0 aromatic heterocycles. The molecule has 3 rings (SSSR count). The fourth-order valence-corrected chi connectivity index (χ4v) is 2.70. The Labute approximate surface area is 94.1 Å². The number of nitrogens with zero attached hydrogens (tertiary/aromatic N) is 1. The summed E-state index contributed by atoms with van der Waals surface area (Å²) in [5, 5.41) is 0. The van der Waals surface area contributed by atoms with E-state index in [0.717, 1.165) is 12.0 Å². The number of piperidine rings is 1. The summed E-state index contributed by atoms with van der Waals surface area (Å²) in [6.07, 6.45) is 1.30. The average Bonchev–Trinajstić information content (AvgIpc) is 2.80. The number of fused-ring (bicyclic) bond motifs is 2. The highest BCUT2D eigenvalue weighted by Gasteiger charge is 2.49. The number of carbonyl (C=O) groups excluding carboxylic acids is 2. The first-order valence-corrected chi connectivity index (χ1v) is 5.63. The zero-order valence-corrected chi connectivity index (χ0v) is 8.93. The van der Waals surface area contributed by atoms with Gasteiger partial charge in [-0.1, -0.05) is 30.3 Å². The molecular formula is C13H13NO2. The van der Waals surface area contributed by atoms with Crippen LogP contribution in [0.25, 0.3) is 0 Å². The number of amides is 1. The number of benzene rings is 1. The van der Waals surface area contributed by atoms with Crippen molar-refractivity contribution in [2.24, 2.45) is 5.92 Å². The van der Waals surface area contributed by atoms with E-state index in [1.165, 1.54) is 0 Å². The van der Waals surface area contributed by atoms with Crippen molar-refractivity contribution in [3.8, 4) is 0 Å². The average molecular weight is 215 g/mol. The molecule has 0 N–H and O–H groups in total. The van der Waals surface area contributed by atoms with Crippen LogP contribution in [-0.4, -0.2) is 22.6 Å². The van der Waals surface area contributed by atoms with Crippen molar-refractivity contribution < 1.29 is 9.59 Å². The van der Waals surface area contributed by atoms with Crippen LogP contribution in [-0.2, 0) is 16.1 Å². The number of rotatable bonds is 2. The fraction of sp³-hybridized carbons (Fsp3) is 0.385. The van der Waals surface area contributed by atoms with E-state index in [1.54, 1.807) is 0 Å². The van der Waals surface area contributed by atoms with E-state index in [1.807, 2.05) is 35.2 Å². The summed E-state index contributed by atoms with van der Waals surface area (Å²) in [6, 6.07) is 10.1. The van der Waals surface area contributed by atoms with Crippen LogP contribution in [0.2, 0.25) is 0 Å². The molecule has 1 saturated heterocycles. The van der Waals surface area contributed by atoms with Crippen molar-refractivity contribution in [1.82, 2.24) is 4.90 Å². The van der Waals surface area contributed by atoms with Crippen molar-refractivity contribution in [1.29, 1.82) is 0 Å². The Morgan fingerprint density at radius 1 is 1.19 bits per heavy atom. The maximum atomic E-state index is 11.9. The van der Waals surface area contributed by atoms with Gasteiger partial charge in [0, 0.05) is 19.0 Å². The minimum atomic E-state index is -0.325. The first-order valence-electron chi connectivity index (χ1n) is 5.63. The molecule has 0 spiro atoms. The molecule has 1 aromatic carbocycles. The second kappa shape index (κ2) is 3.44. The van der Waals surface area contributed by atoms with Crippen LogP contribution in [0.1, 0.15) is 18.4 Å². The summed E-state index contributed by atoms with van der Waals surface area (Å²) >= 11 is 0. The van der Waals surface area contributed by atoms with Crippen LogP contribution in [0.15, 0.2) is 30.3 Å². The molecule has 1 aliphatic heterocycles. The van der Waals surface area contributed by atoms with E-state index < -0.39 is 0 Å². The number of hydrogen-bond acceptors (Lipinski definition) is 2. The van der Waals surface area contributed by atoms with Gasteiger partial charge < -0.3 is 4.90 Å². The zero-order chi connectivity index (χ0) is 11.1. The third kappa shape index (κ3) is 1.35. The van der Waals surface area contributed by atoms with Gasteiger partial charge in [0.2, 0.25) is 5.91 Å². The molecule has 3 nitrogen and oxygen atoms in total. The summed E-state index contributed by atoms with van der Waals surface area (Å²) in [5.41, 5.74) is 1.14. The molecule has 0 radical (unpaired) electrons. The molecule has 1 saturated carbocycles. The molecule has 1 aromatic rings. The number of hydrogen-bond donors (Lipinski definition) is 0. The largest absolute Gasteiger partial charge is 0.334 e. The maximum Gasteiger partial charge on any atom is 0.233 e. The smallest absolute Gasteiger partial charge is 0.233 e. The van der Waals surface area contributed by atoms with Crippen LogP contribution in [0.5, 0.6) is 0 Å². The predicted octanol–water partition coefficient (Wildman–Crippen LogP) is 1.38. The van der Waals surface area contributed by atoms with Gasteiger partial charge in [-0.25, -0.2) is 0 Å². The van der Waals surface area contributed by atoms with Crippen LogP contribution < -0.4 is 0 Å². The van der Waals surface area contributed by atoms with Crippen LogP contribution in [0, 0.1) is 5.92 Å². The van der Waals surface area contributed by atoms with E-state index in [9.17, 15) is 9.59 Å². The lowest BCUT2D eigenvalue weighted by Gasteiger charge is -2.26. The topological polar surface area (TPSA) is 37.4 Å². The van der Waals surface area contributed by atoms with Gasteiger partial charge in [0.25, 0.3) is 0 Å². The van der Waals surface area contributed by atoms with Gasteiger partial charge in [0.05, 0.1) is 5.92 Å². The molecule has 82 valence electrons. The Kier molecular flexibility index (Phi) is 2.06. The highest BCUT2D eigenvalue weighted by molar-refractivity contribution is 6.06. The third-order valence-electron chi connectivity index (χ3n) is 3.55. The lowest BCUT2D eigenvalue weighted by Crippen LogP contribution is -2.39. The van der Waals surface area contributed by atoms with E-state index in [0.29, 0.717) is 13.0 Å². The Hall–Kier alpha value is -1.64. The summed E-state index contributed by atoms with van der Waals surface area (Å²) in [6.45, 7) is 0.647. The monoisotopic (exact) mass is 215 g/mol. The lowest BCUT2D eigenvalue weighted by molar-refractivity contribution is -0.141. The molecule has 1 amide bonds. The van der Waals surface area contributed by atoms with Crippen LogP contribution in [0.3, 0.4) is 0 Å². The maximum absolute atomic E-state index is 11.9. The van der Waals surface area contributed by atoms with E-state index in [2.05, 4.69) is 0 Å². The number of Topliss-reactive ketones (excluding diaryl/α,β-unsaturated/α-hetero) is 1. The highest BCUT2D eigenvalue weighted by Crippen LogP contribution is 2.36. The molecule has 16 heavy (non-hydrogen) atoms. The summed E-state index contributed by atoms with van der Waals surface area (Å²) in [7, 11) is 0. The highest BCUT2D eigenvalue weighted by atomic mass is 16.2. The normalized spacial score (nSPS) is 27.9. The Balaban J connectivity index is 1.79. The van der Waals surface area contributed by atoms with E-state index in [-0.39, 0.29) is 23.7 Å². The molecule has 0 unspecified atom stereocenters. The first kappa shape index (κ1) is 9.58. The van der Waals surface area contributed by atoms with Crippen molar-refractivity contribution in [3.63, 3.8) is 0 Å². The van der Waals surface area contributed by atoms with Gasteiger partial charge in [-0.15, -0.1) is 0 Å². The van der Waals surface area contributed by atoms with Gasteiger partial charge >= 0.3 is 0 Å². The molecule has 2 aliphatic rings. The van der Waals surface area contributed by atoms with E-state index >= 15 is 0 Å². The van der Waals surface area contributed by atoms with Gasteiger partial charge in [-0.05, 0) is 12.0 Å². The van der Waals surface area contributed by atoms with Crippen LogP contribution in [0.4, 0.5) is 0 Å². The lowest BCUT2D eigenvalue weighted by atomic mass is 10.1. The Bertz CT molecular complexity index is 441. The quantitative estimate of drug-likeness (QED) is 0.699. The van der Waals surface area contributed by atoms with Gasteiger partial charge in [0.15, 0.2) is 0 Å². The number of likely N-dealkylation sites (tertiary alicyclic amines) is 1. The SMILES string of the molecule is O=C1C[C@H]2C[C@@H]1C(=O)N2Cc1ccccc1. The molecule has 1 heterocycles. The summed E-state index contributed by atoms with van der Waals surface area (Å²) in [5.74, 6) is -0.155. The van der Waals surface area contributed by atoms with Gasteiger partial charge in [-0.3, -0.25) is 9.59 Å². The van der Waals surface area contributed by atoms with Crippen molar-refractivity contribution in [2.45, 2.75) is 25.4 Å². The second-order valence-electron chi connectivity index (χ2n) is 4.56. The summed E-state index contributed by atoms with van der Waals surface area (Å²) in [4.78, 5) is 25.1. The van der Waals surface area contributed by atoms with Crippen molar-refractivity contribution >= 4 is 11.7 Å². The van der Waals surface area contributed by atoms with Crippen molar-refractivity contribution in [2.75, 3.05) is 0 Å².